The molecular weight excluding hydrogens is 973 g/mol. The Morgan fingerprint density at radius 2 is 0.805 bits per heavy atom. The summed E-state index contributed by atoms with van der Waals surface area (Å²) in [6.45, 7) is 5.82. The summed E-state index contributed by atoms with van der Waals surface area (Å²) in [6, 6.07) is 0. The van der Waals surface area contributed by atoms with Gasteiger partial charge in [0.2, 0.25) is 0 Å². The predicted octanol–water partition coefficient (Wildman–Crippen LogP) is 16.3. The molecule has 0 spiro atoms. The lowest BCUT2D eigenvalue weighted by atomic mass is 9.98. The van der Waals surface area contributed by atoms with E-state index in [1.54, 1.807) is 6.08 Å². The van der Waals surface area contributed by atoms with Gasteiger partial charge in [0, 0.05) is 12.8 Å². The number of rotatable bonds is 53. The number of unbranched alkanes of at least 4 members (excludes halogenated alkanes) is 30. The van der Waals surface area contributed by atoms with E-state index in [-0.39, 0.29) is 25.9 Å². The number of hydrogen-bond acceptors (Lipinski definition) is 11. The van der Waals surface area contributed by atoms with Crippen molar-refractivity contribution >= 4 is 23.9 Å². The Balaban J connectivity index is 2.68. The summed E-state index contributed by atoms with van der Waals surface area (Å²) in [4.78, 5) is 51.1. The Labute approximate surface area is 468 Å². The zero-order chi connectivity index (χ0) is 56.1. The molecule has 1 rings (SSSR count). The topological polar surface area (TPSA) is 175 Å². The highest BCUT2D eigenvalue weighted by atomic mass is 16.7. The molecular formula is C65H112O12. The van der Waals surface area contributed by atoms with E-state index >= 15 is 0 Å². The molecule has 0 aromatic rings. The van der Waals surface area contributed by atoms with E-state index in [1.807, 2.05) is 12.2 Å². The fourth-order valence-corrected chi connectivity index (χ4v) is 9.38. The molecule has 0 amide bonds. The highest BCUT2D eigenvalue weighted by Crippen LogP contribution is 2.27. The van der Waals surface area contributed by atoms with Crippen LogP contribution in [-0.4, -0.2) is 89.2 Å². The van der Waals surface area contributed by atoms with Gasteiger partial charge in [0.1, 0.15) is 18.8 Å². The normalized spacial score (nSPS) is 18.4. The van der Waals surface area contributed by atoms with Crippen LogP contribution in [0.4, 0.5) is 0 Å². The van der Waals surface area contributed by atoms with Crippen LogP contribution in [0.1, 0.15) is 278 Å². The minimum Gasteiger partial charge on any atom is -0.479 e. The number of allylic oxidation sites excluding steroid dienone is 9. The second kappa shape index (κ2) is 53.1. The SMILES string of the molecule is CC/C=C\C/C=C\C/C=C\C/C=C\C/C=C\CC(=O)OCC(COC1OC(C(=O)O)C(O)C(O)C1OC(=O)CCCCCCCCCCCCCCCCCCCCC)OC(=O)CCCCCCCCCCCCCCC. The van der Waals surface area contributed by atoms with Gasteiger partial charge in [-0.2, -0.15) is 0 Å². The first-order valence-electron chi connectivity index (χ1n) is 31.3. The number of aliphatic hydroxyl groups excluding tert-OH is 2. The van der Waals surface area contributed by atoms with E-state index in [0.717, 1.165) is 70.6 Å². The summed E-state index contributed by atoms with van der Waals surface area (Å²) in [5.74, 6) is -3.26. The fraction of sp³-hybridized carbons (Fsp3) is 0.785. The molecule has 1 aliphatic rings. The van der Waals surface area contributed by atoms with Gasteiger partial charge < -0.3 is 39.0 Å². The molecule has 1 saturated heterocycles. The van der Waals surface area contributed by atoms with Gasteiger partial charge in [-0.3, -0.25) is 14.4 Å². The number of esters is 3. The third-order valence-electron chi connectivity index (χ3n) is 14.1. The first-order chi connectivity index (χ1) is 37.6. The highest BCUT2D eigenvalue weighted by Gasteiger charge is 2.50. The van der Waals surface area contributed by atoms with Crippen LogP contribution in [0.25, 0.3) is 0 Å². The number of aliphatic hydroxyl groups is 2. The molecule has 0 aromatic heterocycles. The molecule has 0 bridgehead atoms. The van der Waals surface area contributed by atoms with Gasteiger partial charge in [-0.05, 0) is 44.9 Å². The number of carboxylic acids is 1. The van der Waals surface area contributed by atoms with E-state index in [1.165, 1.54) is 148 Å². The minimum atomic E-state index is -1.91. The van der Waals surface area contributed by atoms with Crippen LogP contribution >= 0.6 is 0 Å². The van der Waals surface area contributed by atoms with Crippen LogP contribution in [0.5, 0.6) is 0 Å². The minimum absolute atomic E-state index is 0.0123. The molecule has 0 saturated carbocycles. The summed E-state index contributed by atoms with van der Waals surface area (Å²) in [7, 11) is 0. The molecule has 6 unspecified atom stereocenters. The summed E-state index contributed by atoms with van der Waals surface area (Å²) in [5.41, 5.74) is 0. The zero-order valence-electron chi connectivity index (χ0n) is 49.0. The van der Waals surface area contributed by atoms with Crippen LogP contribution < -0.4 is 0 Å². The average Bonchev–Trinajstić information content (AvgIpc) is 3.42. The molecule has 77 heavy (non-hydrogen) atoms. The van der Waals surface area contributed by atoms with Crippen molar-refractivity contribution in [2.45, 2.75) is 314 Å². The molecule has 1 fully saturated rings. The van der Waals surface area contributed by atoms with Gasteiger partial charge >= 0.3 is 23.9 Å². The van der Waals surface area contributed by atoms with Crippen LogP contribution in [-0.2, 0) is 42.9 Å². The Bertz CT molecular complexity index is 1570. The Hall–Kier alpha value is -3.58. The average molecular weight is 1090 g/mol. The Morgan fingerprint density at radius 1 is 0.442 bits per heavy atom. The molecule has 0 aromatic carbocycles. The van der Waals surface area contributed by atoms with Crippen molar-refractivity contribution in [2.75, 3.05) is 13.2 Å². The monoisotopic (exact) mass is 1080 g/mol. The van der Waals surface area contributed by atoms with Gasteiger partial charge in [0.05, 0.1) is 13.0 Å². The summed E-state index contributed by atoms with van der Waals surface area (Å²) >= 11 is 0. The van der Waals surface area contributed by atoms with Crippen LogP contribution in [0.2, 0.25) is 0 Å². The van der Waals surface area contributed by atoms with E-state index in [4.69, 9.17) is 23.7 Å². The van der Waals surface area contributed by atoms with Crippen molar-refractivity contribution in [1.29, 1.82) is 0 Å². The van der Waals surface area contributed by atoms with Crippen LogP contribution in [0.3, 0.4) is 0 Å². The lowest BCUT2D eigenvalue weighted by molar-refractivity contribution is -0.301. The van der Waals surface area contributed by atoms with Crippen LogP contribution in [0, 0.1) is 0 Å². The first kappa shape index (κ1) is 71.4. The summed E-state index contributed by atoms with van der Waals surface area (Å²) in [5, 5.41) is 31.5. The largest absolute Gasteiger partial charge is 0.479 e. The quantitative estimate of drug-likeness (QED) is 0.0228. The van der Waals surface area contributed by atoms with Crippen molar-refractivity contribution in [3.63, 3.8) is 0 Å². The lowest BCUT2D eigenvalue weighted by Crippen LogP contribution is -2.61. The van der Waals surface area contributed by atoms with E-state index in [2.05, 4.69) is 63.3 Å². The van der Waals surface area contributed by atoms with Crippen molar-refractivity contribution in [1.82, 2.24) is 0 Å². The highest BCUT2D eigenvalue weighted by molar-refractivity contribution is 5.74. The smallest absolute Gasteiger partial charge is 0.335 e. The Kier molecular flexibility index (Phi) is 49.2. The maximum atomic E-state index is 13.1. The van der Waals surface area contributed by atoms with Gasteiger partial charge in [-0.1, -0.05) is 274 Å². The number of carboxylic acid groups (broad SMARTS) is 1. The fourth-order valence-electron chi connectivity index (χ4n) is 9.38. The molecule has 444 valence electrons. The predicted molar refractivity (Wildman–Crippen MR) is 312 cm³/mol. The second-order valence-corrected chi connectivity index (χ2v) is 21.3. The molecule has 6 atom stereocenters. The molecule has 1 aliphatic heterocycles. The van der Waals surface area contributed by atoms with E-state index < -0.39 is 67.3 Å². The van der Waals surface area contributed by atoms with Crippen molar-refractivity contribution in [3.8, 4) is 0 Å². The van der Waals surface area contributed by atoms with Crippen molar-refractivity contribution in [3.05, 3.63) is 60.8 Å². The molecule has 0 radical (unpaired) electrons. The van der Waals surface area contributed by atoms with Crippen molar-refractivity contribution in [2.24, 2.45) is 0 Å². The molecule has 12 heteroatoms. The van der Waals surface area contributed by atoms with Gasteiger partial charge in [0.25, 0.3) is 0 Å². The second-order valence-electron chi connectivity index (χ2n) is 21.3. The summed E-state index contributed by atoms with van der Waals surface area (Å²) in [6.07, 6.45) is 53.6. The molecule has 3 N–H and O–H groups in total. The standard InChI is InChI=1S/C65H112O12/c1-4-7-10-13-16-19-22-25-27-28-29-30-32-35-38-41-44-47-50-53-59(68)76-63-61(70)60(69)62(64(71)72)77-65(63)74-55-56(75-58(67)52-49-46-43-40-37-33-24-21-18-15-12-9-6-3)54-73-57(66)51-48-45-42-39-36-34-31-26-23-20-17-14-11-8-5-2/h8,11,17,20,26,31,36,39,45,48,56,60-63,65,69-70H,4-7,9-10,12-16,18-19,21-25,27-30,32-35,37-38,40-44,46-47,49-55H2,1-3H3,(H,71,72)/b11-8-,20-17-,31-26-,39-36-,48-45-. The third kappa shape index (κ3) is 43.0. The third-order valence-corrected chi connectivity index (χ3v) is 14.1. The number of carbonyl (C=O) groups excluding carboxylic acids is 3. The van der Waals surface area contributed by atoms with Gasteiger partial charge in [-0.15, -0.1) is 0 Å². The van der Waals surface area contributed by atoms with Crippen molar-refractivity contribution < 1.29 is 58.2 Å². The number of carbonyl (C=O) groups is 4. The number of ether oxygens (including phenoxy) is 5. The first-order valence-corrected chi connectivity index (χ1v) is 31.3. The van der Waals surface area contributed by atoms with Gasteiger partial charge in [0.15, 0.2) is 24.6 Å². The summed E-state index contributed by atoms with van der Waals surface area (Å²) < 4.78 is 28.4. The van der Waals surface area contributed by atoms with Crippen LogP contribution in [0.15, 0.2) is 60.8 Å². The molecule has 1 heterocycles. The number of aliphatic carboxylic acids is 1. The molecule has 0 aliphatic carbocycles. The van der Waals surface area contributed by atoms with Gasteiger partial charge in [-0.25, -0.2) is 4.79 Å². The zero-order valence-corrected chi connectivity index (χ0v) is 49.0. The van der Waals surface area contributed by atoms with E-state index in [9.17, 15) is 34.5 Å². The maximum absolute atomic E-state index is 13.1. The Morgan fingerprint density at radius 3 is 1.19 bits per heavy atom. The lowest BCUT2D eigenvalue weighted by Gasteiger charge is -2.40. The maximum Gasteiger partial charge on any atom is 0.335 e. The number of hydrogen-bond donors (Lipinski definition) is 3. The molecule has 12 nitrogen and oxygen atoms in total. The van der Waals surface area contributed by atoms with E-state index in [0.29, 0.717) is 19.3 Å².